The van der Waals surface area contributed by atoms with Gasteiger partial charge >= 0.3 is 11.7 Å². The quantitative estimate of drug-likeness (QED) is 0.0925. The Bertz CT molecular complexity index is 1350. The molecule has 9 nitrogen and oxygen atoms in total. The third-order valence-electron chi connectivity index (χ3n) is 7.08. The number of methoxy groups -OCH3 is 1. The SMILES string of the molecule is C=CCN(C(=O)COC(C)=O)[C@@H](CO[Si](c1ccccc1)(c1ccccc1)C(C)(C)C)c1cccc([N+](=O)[O-])c1OC. The summed E-state index contributed by atoms with van der Waals surface area (Å²) in [6, 6.07) is 23.8. The number of ether oxygens (including phenoxy) is 2. The molecule has 1 amide bonds. The molecule has 0 bridgehead atoms. The number of nitro groups is 1. The van der Waals surface area contributed by atoms with Crippen molar-refractivity contribution in [3.05, 3.63) is 107 Å². The van der Waals surface area contributed by atoms with E-state index in [4.69, 9.17) is 13.9 Å². The maximum absolute atomic E-state index is 13.5. The van der Waals surface area contributed by atoms with Crippen molar-refractivity contribution < 1.29 is 28.4 Å². The van der Waals surface area contributed by atoms with E-state index in [0.29, 0.717) is 5.56 Å². The van der Waals surface area contributed by atoms with E-state index in [1.807, 2.05) is 36.4 Å². The monoisotopic (exact) mass is 590 g/mol. The van der Waals surface area contributed by atoms with Crippen LogP contribution in [0.2, 0.25) is 5.04 Å². The second kappa shape index (κ2) is 14.1. The van der Waals surface area contributed by atoms with Gasteiger partial charge in [0.05, 0.1) is 24.7 Å². The van der Waals surface area contributed by atoms with Crippen LogP contribution in [0.1, 0.15) is 39.3 Å². The minimum atomic E-state index is -3.07. The Hall–Kier alpha value is -4.28. The maximum Gasteiger partial charge on any atom is 0.311 e. The van der Waals surface area contributed by atoms with E-state index in [-0.39, 0.29) is 29.6 Å². The van der Waals surface area contributed by atoms with E-state index in [2.05, 4.69) is 51.6 Å². The predicted molar refractivity (Wildman–Crippen MR) is 165 cm³/mol. The molecule has 3 aromatic carbocycles. The topological polar surface area (TPSA) is 108 Å². The second-order valence-electron chi connectivity index (χ2n) is 10.8. The summed E-state index contributed by atoms with van der Waals surface area (Å²) in [5, 5.41) is 13.6. The fourth-order valence-electron chi connectivity index (χ4n) is 5.27. The van der Waals surface area contributed by atoms with Crippen molar-refractivity contribution in [3.63, 3.8) is 0 Å². The van der Waals surface area contributed by atoms with Crippen LogP contribution < -0.4 is 15.1 Å². The highest BCUT2D eigenvalue weighted by atomic mass is 28.4. The molecule has 0 spiro atoms. The molecule has 10 heteroatoms. The first-order chi connectivity index (χ1) is 20.0. The van der Waals surface area contributed by atoms with Crippen molar-refractivity contribution in [1.29, 1.82) is 0 Å². The first kappa shape index (κ1) is 32.2. The molecule has 3 aromatic rings. The summed E-state index contributed by atoms with van der Waals surface area (Å²) in [6.45, 7) is 11.0. The van der Waals surface area contributed by atoms with Gasteiger partial charge in [-0.2, -0.15) is 0 Å². The van der Waals surface area contributed by atoms with Crippen LogP contribution in [-0.4, -0.2) is 56.9 Å². The molecule has 42 heavy (non-hydrogen) atoms. The largest absolute Gasteiger partial charge is 0.490 e. The molecule has 222 valence electrons. The number of carbonyl (C=O) groups is 2. The van der Waals surface area contributed by atoms with Gasteiger partial charge in [0.1, 0.15) is 0 Å². The molecular weight excluding hydrogens is 552 g/mol. The number of rotatable bonds is 13. The maximum atomic E-state index is 13.5. The fraction of sp³-hybridized carbons (Fsp3) is 0.312. The number of amides is 1. The predicted octanol–water partition coefficient (Wildman–Crippen LogP) is 4.80. The van der Waals surface area contributed by atoms with Crippen LogP contribution in [0.5, 0.6) is 5.75 Å². The molecule has 0 aromatic heterocycles. The average molecular weight is 591 g/mol. The number of hydrogen-bond acceptors (Lipinski definition) is 7. The molecule has 0 heterocycles. The number of para-hydroxylation sites is 1. The lowest BCUT2D eigenvalue weighted by Gasteiger charge is -2.44. The summed E-state index contributed by atoms with van der Waals surface area (Å²) < 4.78 is 17.8. The summed E-state index contributed by atoms with van der Waals surface area (Å²) in [7, 11) is -1.72. The van der Waals surface area contributed by atoms with Crippen molar-refractivity contribution in [2.75, 3.05) is 26.9 Å². The lowest BCUT2D eigenvalue weighted by molar-refractivity contribution is -0.385. The van der Waals surface area contributed by atoms with Crippen LogP contribution in [0, 0.1) is 10.1 Å². The van der Waals surface area contributed by atoms with E-state index in [1.165, 1.54) is 25.0 Å². The Morgan fingerprint density at radius 1 is 1.00 bits per heavy atom. The summed E-state index contributed by atoms with van der Waals surface area (Å²) >= 11 is 0. The number of carbonyl (C=O) groups excluding carboxylic acids is 2. The van der Waals surface area contributed by atoms with Crippen LogP contribution >= 0.6 is 0 Å². The van der Waals surface area contributed by atoms with Crippen molar-refractivity contribution >= 4 is 36.3 Å². The Morgan fingerprint density at radius 3 is 2.02 bits per heavy atom. The molecule has 0 saturated carbocycles. The highest BCUT2D eigenvalue weighted by Crippen LogP contribution is 2.41. The highest BCUT2D eigenvalue weighted by molar-refractivity contribution is 6.99. The van der Waals surface area contributed by atoms with Crippen molar-refractivity contribution in [2.24, 2.45) is 0 Å². The number of benzene rings is 3. The van der Waals surface area contributed by atoms with Gasteiger partial charge in [0.15, 0.2) is 6.61 Å². The van der Waals surface area contributed by atoms with Crippen molar-refractivity contribution in [3.8, 4) is 5.75 Å². The van der Waals surface area contributed by atoms with E-state index < -0.39 is 37.8 Å². The smallest absolute Gasteiger partial charge is 0.311 e. The van der Waals surface area contributed by atoms with Gasteiger partial charge in [0, 0.05) is 25.1 Å². The van der Waals surface area contributed by atoms with Crippen molar-refractivity contribution in [1.82, 2.24) is 4.90 Å². The zero-order chi connectivity index (χ0) is 30.9. The molecule has 0 aliphatic rings. The fourth-order valence-corrected chi connectivity index (χ4v) is 9.84. The molecule has 0 unspecified atom stereocenters. The van der Waals surface area contributed by atoms with E-state index in [0.717, 1.165) is 10.4 Å². The average Bonchev–Trinajstić information content (AvgIpc) is 2.97. The van der Waals surface area contributed by atoms with Gasteiger partial charge in [0.25, 0.3) is 14.2 Å². The van der Waals surface area contributed by atoms with Gasteiger partial charge in [-0.25, -0.2) is 0 Å². The van der Waals surface area contributed by atoms with Gasteiger partial charge < -0.3 is 18.8 Å². The van der Waals surface area contributed by atoms with E-state index >= 15 is 0 Å². The molecule has 0 aliphatic carbocycles. The lowest BCUT2D eigenvalue weighted by Crippen LogP contribution is -2.67. The standard InChI is InChI=1S/C32H38N2O7Si/c1-7-21-33(30(36)23-40-24(2)35)29(27-19-14-20-28(34(37)38)31(27)39-6)22-41-42(32(3,4)5,25-15-10-8-11-16-25)26-17-12-9-13-18-26/h7-20,29H,1,21-23H2,2-6H3/t29-/m0/s1. The first-order valence-electron chi connectivity index (χ1n) is 13.6. The minimum Gasteiger partial charge on any atom is -0.490 e. The zero-order valence-electron chi connectivity index (χ0n) is 24.7. The number of nitrogens with zero attached hydrogens (tertiary/aromatic N) is 2. The molecule has 1 atom stereocenters. The highest BCUT2D eigenvalue weighted by Gasteiger charge is 2.51. The first-order valence-corrected chi connectivity index (χ1v) is 15.5. The van der Waals surface area contributed by atoms with Gasteiger partial charge in [-0.05, 0) is 15.4 Å². The van der Waals surface area contributed by atoms with Gasteiger partial charge in [-0.3, -0.25) is 19.7 Å². The van der Waals surface area contributed by atoms with Gasteiger partial charge in [-0.1, -0.05) is 99.6 Å². The molecule has 0 fully saturated rings. The lowest BCUT2D eigenvalue weighted by atomic mass is 10.0. The summed E-state index contributed by atoms with van der Waals surface area (Å²) in [5.74, 6) is -1.09. The van der Waals surface area contributed by atoms with Crippen LogP contribution in [0.25, 0.3) is 0 Å². The molecule has 0 N–H and O–H groups in total. The van der Waals surface area contributed by atoms with Crippen LogP contribution in [0.15, 0.2) is 91.5 Å². The van der Waals surface area contributed by atoms with Crippen LogP contribution in [0.4, 0.5) is 5.69 Å². The molecule has 3 rings (SSSR count). The van der Waals surface area contributed by atoms with Gasteiger partial charge in [0.2, 0.25) is 5.75 Å². The normalized spacial score (nSPS) is 12.2. The molecular formula is C32H38N2O7Si. The van der Waals surface area contributed by atoms with E-state index in [1.54, 1.807) is 18.2 Å². The number of esters is 1. The molecule has 0 saturated heterocycles. The minimum absolute atomic E-state index is 0.0212. The van der Waals surface area contributed by atoms with Crippen LogP contribution in [0.3, 0.4) is 0 Å². The Kier molecular flexibility index (Phi) is 10.8. The van der Waals surface area contributed by atoms with E-state index in [9.17, 15) is 19.7 Å². The Labute approximate surface area is 248 Å². The summed E-state index contributed by atoms with van der Waals surface area (Å²) in [4.78, 5) is 37.9. The zero-order valence-corrected chi connectivity index (χ0v) is 25.7. The molecule has 0 aliphatic heterocycles. The van der Waals surface area contributed by atoms with Gasteiger partial charge in [-0.15, -0.1) is 6.58 Å². The van der Waals surface area contributed by atoms with Crippen molar-refractivity contribution in [2.45, 2.75) is 38.8 Å². The number of hydrogen-bond donors (Lipinski definition) is 0. The Balaban J connectivity index is 2.25. The molecule has 0 radical (unpaired) electrons. The second-order valence-corrected chi connectivity index (χ2v) is 15.1. The Morgan fingerprint density at radius 2 is 1.57 bits per heavy atom. The van der Waals surface area contributed by atoms with Crippen LogP contribution in [-0.2, 0) is 18.8 Å². The number of nitro benzene ring substituents is 1. The third kappa shape index (κ3) is 6.95. The summed E-state index contributed by atoms with van der Waals surface area (Å²) in [6.07, 6.45) is 1.55. The third-order valence-corrected chi connectivity index (χ3v) is 12.1. The summed E-state index contributed by atoms with van der Waals surface area (Å²) in [5.41, 5.74) is 0.152.